The number of nitrogens with two attached hydrogens (primary N) is 1. The highest BCUT2D eigenvalue weighted by atomic mass is 16.2. The van der Waals surface area contributed by atoms with Crippen molar-refractivity contribution in [3.05, 3.63) is 60.2 Å². The first-order valence-electron chi connectivity index (χ1n) is 9.72. The third kappa shape index (κ3) is 5.41. The molecule has 27 heavy (non-hydrogen) atoms. The lowest BCUT2D eigenvalue weighted by molar-refractivity contribution is -0.687. The van der Waals surface area contributed by atoms with E-state index in [4.69, 9.17) is 0 Å². The molecule has 0 aliphatic heterocycles. The molecule has 2 aromatic carbocycles. The van der Waals surface area contributed by atoms with Crippen molar-refractivity contribution >= 4 is 23.2 Å². The van der Waals surface area contributed by atoms with Crippen LogP contribution in [0.2, 0.25) is 0 Å². The Bertz CT molecular complexity index is 776. The lowest BCUT2D eigenvalue weighted by atomic mass is 9.86. The molecule has 5 heteroatoms. The largest absolute Gasteiger partial charge is 0.336 e. The van der Waals surface area contributed by atoms with E-state index in [0.29, 0.717) is 29.8 Å². The van der Waals surface area contributed by atoms with Crippen molar-refractivity contribution in [1.82, 2.24) is 0 Å². The molecule has 142 valence electrons. The van der Waals surface area contributed by atoms with Gasteiger partial charge in [0.05, 0.1) is 17.3 Å². The van der Waals surface area contributed by atoms with E-state index in [-0.39, 0.29) is 11.8 Å². The maximum absolute atomic E-state index is 12.6. The average Bonchev–Trinajstić information content (AvgIpc) is 2.68. The summed E-state index contributed by atoms with van der Waals surface area (Å²) in [4.78, 5) is 25.0. The average molecular weight is 366 g/mol. The number of quaternary nitrogens is 1. The van der Waals surface area contributed by atoms with Gasteiger partial charge in [0.25, 0.3) is 11.8 Å². The molecular formula is C22H28N3O2+. The minimum absolute atomic E-state index is 0.0762. The van der Waals surface area contributed by atoms with E-state index in [1.54, 1.807) is 18.2 Å². The standard InChI is InChI=1S/C22H27N3O2/c1-16-9-5-7-13-19(16)23-15-21(26)25-20-14-8-6-12-18(20)22(27)24-17-10-3-2-4-11-17/h2-4,6,8,10-12,14,16,19,23H,5,7,9,13,15H2,1H3,(H,24,27)(H,25,26)/p+1/t16-,19-/m0/s1. The third-order valence-electron chi connectivity index (χ3n) is 5.26. The molecule has 2 amide bonds. The molecule has 3 rings (SSSR count). The summed E-state index contributed by atoms with van der Waals surface area (Å²) in [5, 5.41) is 7.91. The van der Waals surface area contributed by atoms with Crippen LogP contribution in [0.4, 0.5) is 11.4 Å². The fourth-order valence-electron chi connectivity index (χ4n) is 3.66. The first-order valence-corrected chi connectivity index (χ1v) is 9.72. The highest BCUT2D eigenvalue weighted by molar-refractivity contribution is 6.10. The van der Waals surface area contributed by atoms with Gasteiger partial charge in [0.15, 0.2) is 6.54 Å². The van der Waals surface area contributed by atoms with Crippen LogP contribution in [0.5, 0.6) is 0 Å². The number of nitrogens with one attached hydrogen (secondary N) is 2. The van der Waals surface area contributed by atoms with E-state index in [9.17, 15) is 9.59 Å². The van der Waals surface area contributed by atoms with Gasteiger partial charge in [-0.1, -0.05) is 43.7 Å². The number of para-hydroxylation sites is 2. The Labute approximate surface area is 160 Å². The number of hydrogen-bond acceptors (Lipinski definition) is 2. The summed E-state index contributed by atoms with van der Waals surface area (Å²) in [5.74, 6) is 0.338. The van der Waals surface area contributed by atoms with Crippen LogP contribution in [0, 0.1) is 5.92 Å². The van der Waals surface area contributed by atoms with Gasteiger partial charge in [-0.25, -0.2) is 0 Å². The number of rotatable bonds is 6. The lowest BCUT2D eigenvalue weighted by Crippen LogP contribution is -2.93. The molecule has 1 aliphatic rings. The van der Waals surface area contributed by atoms with Crippen molar-refractivity contribution in [2.24, 2.45) is 5.92 Å². The number of hydrogen-bond donors (Lipinski definition) is 3. The van der Waals surface area contributed by atoms with Gasteiger partial charge in [0.1, 0.15) is 0 Å². The summed E-state index contributed by atoms with van der Waals surface area (Å²) in [5.41, 5.74) is 1.73. The van der Waals surface area contributed by atoms with E-state index in [1.807, 2.05) is 36.4 Å². The molecule has 5 nitrogen and oxygen atoms in total. The van der Waals surface area contributed by atoms with Gasteiger partial charge in [-0.15, -0.1) is 0 Å². The Morgan fingerprint density at radius 1 is 0.963 bits per heavy atom. The molecular weight excluding hydrogens is 338 g/mol. The quantitative estimate of drug-likeness (QED) is 0.735. The highest BCUT2D eigenvalue weighted by Gasteiger charge is 2.25. The zero-order valence-corrected chi connectivity index (χ0v) is 15.8. The number of benzene rings is 2. The second kappa shape index (κ2) is 9.33. The van der Waals surface area contributed by atoms with Crippen LogP contribution >= 0.6 is 0 Å². The van der Waals surface area contributed by atoms with Crippen molar-refractivity contribution in [3.8, 4) is 0 Å². The molecule has 0 heterocycles. The zero-order valence-electron chi connectivity index (χ0n) is 15.8. The van der Waals surface area contributed by atoms with Crippen molar-refractivity contribution in [3.63, 3.8) is 0 Å². The second-order valence-corrected chi connectivity index (χ2v) is 7.28. The number of carbonyl (C=O) groups excluding carboxylic acids is 2. The van der Waals surface area contributed by atoms with Crippen LogP contribution in [-0.4, -0.2) is 24.4 Å². The molecule has 0 unspecified atom stereocenters. The Morgan fingerprint density at radius 2 is 1.67 bits per heavy atom. The fraction of sp³-hybridized carbons (Fsp3) is 0.364. The lowest BCUT2D eigenvalue weighted by Gasteiger charge is -2.26. The molecule has 1 fully saturated rings. The van der Waals surface area contributed by atoms with E-state index in [0.717, 1.165) is 5.69 Å². The van der Waals surface area contributed by atoms with Crippen molar-refractivity contribution in [2.45, 2.75) is 38.6 Å². The molecule has 4 N–H and O–H groups in total. The minimum atomic E-state index is -0.234. The molecule has 0 bridgehead atoms. The van der Waals surface area contributed by atoms with E-state index >= 15 is 0 Å². The summed E-state index contributed by atoms with van der Waals surface area (Å²) >= 11 is 0. The Balaban J connectivity index is 1.59. The van der Waals surface area contributed by atoms with Gasteiger partial charge in [-0.05, 0) is 43.5 Å². The first kappa shape index (κ1) is 19.1. The predicted octanol–water partition coefficient (Wildman–Crippen LogP) is 3.02. The summed E-state index contributed by atoms with van der Waals surface area (Å²) < 4.78 is 0. The summed E-state index contributed by atoms with van der Waals surface area (Å²) in [6, 6.07) is 16.9. The third-order valence-corrected chi connectivity index (χ3v) is 5.26. The molecule has 0 aromatic heterocycles. The predicted molar refractivity (Wildman–Crippen MR) is 108 cm³/mol. The number of anilines is 2. The Morgan fingerprint density at radius 3 is 2.44 bits per heavy atom. The molecule has 0 saturated heterocycles. The fourth-order valence-corrected chi connectivity index (χ4v) is 3.66. The molecule has 1 aliphatic carbocycles. The molecule has 1 saturated carbocycles. The van der Waals surface area contributed by atoms with E-state index < -0.39 is 0 Å². The van der Waals surface area contributed by atoms with Crippen LogP contribution in [0.25, 0.3) is 0 Å². The summed E-state index contributed by atoms with van der Waals surface area (Å²) in [6.45, 7) is 2.64. The van der Waals surface area contributed by atoms with Gasteiger partial charge in [0.2, 0.25) is 0 Å². The maximum atomic E-state index is 12.6. The van der Waals surface area contributed by atoms with Gasteiger partial charge in [-0.3, -0.25) is 9.59 Å². The van der Waals surface area contributed by atoms with Crippen LogP contribution in [0.1, 0.15) is 43.0 Å². The second-order valence-electron chi connectivity index (χ2n) is 7.28. The van der Waals surface area contributed by atoms with Gasteiger partial charge in [-0.2, -0.15) is 0 Å². The summed E-state index contributed by atoms with van der Waals surface area (Å²) in [7, 11) is 0. The monoisotopic (exact) mass is 366 g/mol. The topological polar surface area (TPSA) is 74.8 Å². The van der Waals surface area contributed by atoms with Gasteiger partial charge >= 0.3 is 0 Å². The normalized spacial score (nSPS) is 19.3. The van der Waals surface area contributed by atoms with Crippen LogP contribution in [0.3, 0.4) is 0 Å². The Hall–Kier alpha value is -2.66. The minimum Gasteiger partial charge on any atom is -0.336 e. The number of carbonyl (C=O) groups is 2. The smallest absolute Gasteiger partial charge is 0.279 e. The van der Waals surface area contributed by atoms with Crippen molar-refractivity contribution < 1.29 is 14.9 Å². The summed E-state index contributed by atoms with van der Waals surface area (Å²) in [6.07, 6.45) is 4.95. The van der Waals surface area contributed by atoms with E-state index in [2.05, 4.69) is 22.9 Å². The van der Waals surface area contributed by atoms with Crippen LogP contribution in [0.15, 0.2) is 54.6 Å². The van der Waals surface area contributed by atoms with Gasteiger partial charge < -0.3 is 16.0 Å². The molecule has 0 radical (unpaired) electrons. The SMILES string of the molecule is C[C@H]1CCCC[C@@H]1[NH2+]CC(=O)Nc1ccccc1C(=O)Nc1ccccc1. The zero-order chi connectivity index (χ0) is 19.1. The van der Waals surface area contributed by atoms with Crippen molar-refractivity contribution in [1.29, 1.82) is 0 Å². The van der Waals surface area contributed by atoms with Gasteiger partial charge in [0, 0.05) is 11.6 Å². The molecule has 2 aromatic rings. The molecule has 0 spiro atoms. The van der Waals surface area contributed by atoms with Crippen LogP contribution in [-0.2, 0) is 4.79 Å². The maximum Gasteiger partial charge on any atom is 0.279 e. The number of amides is 2. The highest BCUT2D eigenvalue weighted by Crippen LogP contribution is 2.21. The molecule has 2 atom stereocenters. The van der Waals surface area contributed by atoms with Crippen molar-refractivity contribution in [2.75, 3.05) is 17.2 Å². The Kier molecular flexibility index (Phi) is 6.60. The first-order chi connectivity index (χ1) is 13.1. The van der Waals surface area contributed by atoms with E-state index in [1.165, 1.54) is 25.7 Å². The van der Waals surface area contributed by atoms with Crippen LogP contribution < -0.4 is 16.0 Å².